The van der Waals surface area contributed by atoms with Gasteiger partial charge in [-0.1, -0.05) is 16.9 Å². The molecule has 7 nitrogen and oxygen atoms in total. The molecule has 2 fully saturated rings. The smallest absolute Gasteiger partial charge is 0.324 e. The monoisotopic (exact) mass is 349 g/mol. The molecule has 0 aromatic carbocycles. The zero-order chi connectivity index (χ0) is 17.3. The number of piperazine rings is 1. The van der Waals surface area contributed by atoms with Gasteiger partial charge in [0.15, 0.2) is 0 Å². The molecule has 1 aliphatic carbocycles. The Labute approximate surface area is 143 Å². The van der Waals surface area contributed by atoms with E-state index in [1.807, 2.05) is 6.92 Å². The molecule has 0 radical (unpaired) electrons. The number of nitrogens with zero attached hydrogens (tertiary/aromatic N) is 3. The van der Waals surface area contributed by atoms with Crippen LogP contribution in [-0.2, 0) is 4.79 Å². The Hall–Kier alpha value is -2.22. The number of allylic oxidation sites excluding steroid dienone is 1. The molecule has 0 unspecified atom stereocenters. The van der Waals surface area contributed by atoms with Gasteiger partial charge in [0.1, 0.15) is 0 Å². The van der Waals surface area contributed by atoms with Crippen LogP contribution in [0.3, 0.4) is 0 Å². The van der Waals surface area contributed by atoms with Crippen LogP contribution in [0.2, 0.25) is 0 Å². The maximum Gasteiger partial charge on any atom is 0.324 e. The van der Waals surface area contributed by atoms with Gasteiger partial charge in [-0.15, -0.1) is 0 Å². The lowest BCUT2D eigenvalue weighted by Gasteiger charge is -2.34. The first-order valence-corrected chi connectivity index (χ1v) is 8.78. The molecular formula is C16H19N3O4S. The van der Waals surface area contributed by atoms with Crippen LogP contribution in [-0.4, -0.2) is 52.7 Å². The number of carbonyl (C=O) groups is 2. The zero-order valence-electron chi connectivity index (χ0n) is 13.4. The molecular weight excluding hydrogens is 330 g/mol. The van der Waals surface area contributed by atoms with Crippen molar-refractivity contribution in [1.82, 2.24) is 9.80 Å². The van der Waals surface area contributed by atoms with Gasteiger partial charge in [-0.25, -0.2) is 0 Å². The van der Waals surface area contributed by atoms with Gasteiger partial charge in [0.05, 0.1) is 9.80 Å². The molecule has 0 atom stereocenters. The first kappa shape index (κ1) is 16.6. The second-order valence-electron chi connectivity index (χ2n) is 6.18. The van der Waals surface area contributed by atoms with E-state index in [1.54, 1.807) is 15.9 Å². The van der Waals surface area contributed by atoms with Crippen molar-refractivity contribution in [3.05, 3.63) is 38.8 Å². The second-order valence-corrected chi connectivity index (χ2v) is 7.24. The first-order valence-electron chi connectivity index (χ1n) is 7.96. The van der Waals surface area contributed by atoms with Gasteiger partial charge < -0.3 is 9.80 Å². The third-order valence-corrected chi connectivity index (χ3v) is 5.46. The molecule has 0 N–H and O–H groups in total. The van der Waals surface area contributed by atoms with E-state index >= 15 is 0 Å². The Bertz CT molecular complexity index is 700. The van der Waals surface area contributed by atoms with Gasteiger partial charge in [0.2, 0.25) is 5.91 Å². The fourth-order valence-electron chi connectivity index (χ4n) is 2.77. The maximum absolute atomic E-state index is 12.4. The minimum atomic E-state index is -0.493. The van der Waals surface area contributed by atoms with E-state index in [4.69, 9.17) is 0 Å². The number of hydrogen-bond donors (Lipinski definition) is 0. The normalized spacial score (nSPS) is 18.6. The summed E-state index contributed by atoms with van der Waals surface area (Å²) in [4.78, 5) is 38.6. The summed E-state index contributed by atoms with van der Waals surface area (Å²) in [5.74, 6) is 0.384. The van der Waals surface area contributed by atoms with Crippen molar-refractivity contribution >= 4 is 28.2 Å². The molecule has 2 aliphatic rings. The van der Waals surface area contributed by atoms with Gasteiger partial charge in [-0.3, -0.25) is 19.7 Å². The summed E-state index contributed by atoms with van der Waals surface area (Å²) >= 11 is 0.888. The van der Waals surface area contributed by atoms with Gasteiger partial charge in [0.25, 0.3) is 5.91 Å². The Balaban J connectivity index is 1.56. The van der Waals surface area contributed by atoms with Gasteiger partial charge in [-0.2, -0.15) is 0 Å². The van der Waals surface area contributed by atoms with E-state index < -0.39 is 4.92 Å². The van der Waals surface area contributed by atoms with Crippen molar-refractivity contribution < 1.29 is 14.5 Å². The van der Waals surface area contributed by atoms with Crippen LogP contribution in [0.25, 0.3) is 0 Å². The summed E-state index contributed by atoms with van der Waals surface area (Å²) < 4.78 is 0. The highest BCUT2D eigenvalue weighted by Crippen LogP contribution is 2.36. The molecule has 1 aromatic heterocycles. The minimum Gasteiger partial charge on any atom is -0.336 e. The summed E-state index contributed by atoms with van der Waals surface area (Å²) in [7, 11) is 0. The molecule has 128 valence electrons. The predicted octanol–water partition coefficient (Wildman–Crippen LogP) is 2.30. The topological polar surface area (TPSA) is 83.8 Å². The quantitative estimate of drug-likeness (QED) is 0.474. The van der Waals surface area contributed by atoms with Crippen molar-refractivity contribution in [3.8, 4) is 0 Å². The van der Waals surface area contributed by atoms with Crippen LogP contribution in [0.1, 0.15) is 29.4 Å². The molecule has 2 heterocycles. The van der Waals surface area contributed by atoms with Crippen molar-refractivity contribution in [3.63, 3.8) is 0 Å². The molecule has 1 aromatic rings. The molecule has 1 saturated heterocycles. The number of carbonyl (C=O) groups excluding carboxylic acids is 2. The number of thiophene rings is 1. The van der Waals surface area contributed by atoms with Crippen LogP contribution in [0, 0.1) is 16.0 Å². The highest BCUT2D eigenvalue weighted by molar-refractivity contribution is 7.17. The zero-order valence-corrected chi connectivity index (χ0v) is 14.3. The van der Waals surface area contributed by atoms with E-state index in [0.717, 1.165) is 16.9 Å². The molecule has 3 rings (SSSR count). The molecule has 0 bridgehead atoms. The second kappa shape index (κ2) is 6.72. The van der Waals surface area contributed by atoms with Crippen molar-refractivity contribution in [2.45, 2.75) is 19.8 Å². The lowest BCUT2D eigenvalue weighted by atomic mass is 10.1. The van der Waals surface area contributed by atoms with Gasteiger partial charge in [-0.05, 0) is 31.7 Å². The third kappa shape index (κ3) is 3.64. The lowest BCUT2D eigenvalue weighted by molar-refractivity contribution is -0.380. The van der Waals surface area contributed by atoms with E-state index in [9.17, 15) is 19.7 Å². The number of nitro groups is 1. The summed E-state index contributed by atoms with van der Waals surface area (Å²) in [6, 6.07) is 2.84. The number of hydrogen-bond acceptors (Lipinski definition) is 5. The third-order valence-electron chi connectivity index (χ3n) is 4.43. The average molecular weight is 349 g/mol. The molecule has 24 heavy (non-hydrogen) atoms. The average Bonchev–Trinajstić information content (AvgIpc) is 3.31. The molecule has 0 spiro atoms. The highest BCUT2D eigenvalue weighted by atomic mass is 32.1. The van der Waals surface area contributed by atoms with Crippen LogP contribution < -0.4 is 0 Å². The van der Waals surface area contributed by atoms with Crippen LogP contribution in [0.4, 0.5) is 5.00 Å². The minimum absolute atomic E-state index is 0.0123. The molecule has 1 saturated carbocycles. The van der Waals surface area contributed by atoms with Gasteiger partial charge >= 0.3 is 5.00 Å². The van der Waals surface area contributed by atoms with Crippen molar-refractivity contribution in [2.24, 2.45) is 5.92 Å². The Kier molecular flexibility index (Phi) is 4.66. The largest absolute Gasteiger partial charge is 0.336 e. The van der Waals surface area contributed by atoms with Crippen LogP contribution in [0.15, 0.2) is 23.8 Å². The molecule has 2 amide bonds. The van der Waals surface area contributed by atoms with E-state index in [2.05, 4.69) is 0 Å². The Morgan fingerprint density at radius 1 is 1.21 bits per heavy atom. The Morgan fingerprint density at radius 2 is 1.83 bits per heavy atom. The lowest BCUT2D eigenvalue weighted by Crippen LogP contribution is -2.50. The highest BCUT2D eigenvalue weighted by Gasteiger charge is 2.28. The van der Waals surface area contributed by atoms with E-state index in [-0.39, 0.29) is 16.8 Å². The maximum atomic E-state index is 12.4. The van der Waals surface area contributed by atoms with Gasteiger partial charge in [0, 0.05) is 38.3 Å². The van der Waals surface area contributed by atoms with Crippen molar-refractivity contribution in [1.29, 1.82) is 0 Å². The number of rotatable bonds is 4. The standard InChI is InChI=1S/C16H19N3O4S/c1-11(12-2-3-12)10-14(20)17-6-8-18(9-7-17)16(21)13-4-5-15(24-13)19(22)23/h4-5,10,12H,2-3,6-9H2,1H3. The predicted molar refractivity (Wildman–Crippen MR) is 89.9 cm³/mol. The fourth-order valence-corrected chi connectivity index (χ4v) is 3.56. The molecule has 8 heteroatoms. The summed E-state index contributed by atoms with van der Waals surface area (Å²) in [6.07, 6.45) is 4.06. The van der Waals surface area contributed by atoms with E-state index in [1.165, 1.54) is 25.0 Å². The Morgan fingerprint density at radius 3 is 2.38 bits per heavy atom. The number of amides is 2. The summed E-state index contributed by atoms with van der Waals surface area (Å²) in [5.41, 5.74) is 1.14. The summed E-state index contributed by atoms with van der Waals surface area (Å²) in [5, 5.41) is 10.7. The molecule has 1 aliphatic heterocycles. The van der Waals surface area contributed by atoms with Crippen LogP contribution in [0.5, 0.6) is 0 Å². The first-order chi connectivity index (χ1) is 11.5. The van der Waals surface area contributed by atoms with Crippen molar-refractivity contribution in [2.75, 3.05) is 26.2 Å². The SMILES string of the molecule is CC(=CC(=O)N1CCN(C(=O)c2ccc([N+](=O)[O-])s2)CC1)C1CC1. The summed E-state index contributed by atoms with van der Waals surface area (Å²) in [6.45, 7) is 3.89. The fraction of sp³-hybridized carbons (Fsp3) is 0.500. The van der Waals surface area contributed by atoms with E-state index in [0.29, 0.717) is 37.0 Å². The van der Waals surface area contributed by atoms with Crippen LogP contribution >= 0.6 is 11.3 Å².